The summed E-state index contributed by atoms with van der Waals surface area (Å²) >= 11 is 0. The van der Waals surface area contributed by atoms with E-state index in [1.54, 1.807) is 0 Å². The van der Waals surface area contributed by atoms with Crippen LogP contribution in [0.5, 0.6) is 0 Å². The minimum absolute atomic E-state index is 0. The molecule has 0 N–H and O–H groups in total. The number of hydrogen-bond donors (Lipinski definition) is 0. The van der Waals surface area contributed by atoms with Crippen LogP contribution in [0.3, 0.4) is 0 Å². The molecule has 0 aromatic heterocycles. The molecule has 0 saturated carbocycles. The number of unbranched alkanes of at least 4 members (excludes halogenated alkanes) is 10. The molecular weight excluding hydrogens is 350 g/mol. The van der Waals surface area contributed by atoms with Crippen molar-refractivity contribution < 1.29 is 12.4 Å². The Hall–Kier alpha value is -1.05. The van der Waals surface area contributed by atoms with Crippen LogP contribution in [0.15, 0.2) is 42.5 Å². The number of quaternary nitrogens is 1. The van der Waals surface area contributed by atoms with Crippen molar-refractivity contribution in [1.82, 2.24) is 4.48 Å². The predicted octanol–water partition coefficient (Wildman–Crippen LogP) is 4.72. The summed E-state index contributed by atoms with van der Waals surface area (Å²) in [4.78, 5) is 0. The third-order valence-electron chi connectivity index (χ3n) is 5.74. The largest absolute Gasteiger partial charge is 1.00 e. The fraction of sp³-hybridized carbons (Fsp3) is 0.600. The van der Waals surface area contributed by atoms with E-state index in [-0.39, 0.29) is 12.4 Å². The van der Waals surface area contributed by atoms with Crippen molar-refractivity contribution in [3.05, 3.63) is 42.5 Å². The van der Waals surface area contributed by atoms with Crippen molar-refractivity contribution in [3.63, 3.8) is 0 Å². The monoisotopic (exact) mass is 389 g/mol. The Kier molecular flexibility index (Phi) is 11.7. The summed E-state index contributed by atoms with van der Waals surface area (Å²) in [7, 11) is 4.72. The summed E-state index contributed by atoms with van der Waals surface area (Å²) in [5, 5.41) is 2.76. The lowest BCUT2D eigenvalue weighted by Gasteiger charge is -2.30. The minimum atomic E-state index is 0. The Morgan fingerprint density at radius 3 is 1.78 bits per heavy atom. The van der Waals surface area contributed by atoms with Gasteiger partial charge in [-0.05, 0) is 30.4 Å². The molecule has 27 heavy (non-hydrogen) atoms. The summed E-state index contributed by atoms with van der Waals surface area (Å²) in [6.45, 7) is 3.52. The van der Waals surface area contributed by atoms with Crippen molar-refractivity contribution in [2.45, 2.75) is 77.6 Å². The van der Waals surface area contributed by atoms with Crippen LogP contribution in [0.4, 0.5) is 5.69 Å². The summed E-state index contributed by atoms with van der Waals surface area (Å²) < 4.78 is 0.985. The van der Waals surface area contributed by atoms with Crippen molar-refractivity contribution in [3.8, 4) is 0 Å². The van der Waals surface area contributed by atoms with Gasteiger partial charge in [-0.1, -0.05) is 95.0 Å². The molecule has 0 aliphatic heterocycles. The summed E-state index contributed by atoms with van der Waals surface area (Å²) in [6, 6.07) is 15.5. The smallest absolute Gasteiger partial charge is 0.140 e. The highest BCUT2D eigenvalue weighted by Crippen LogP contribution is 2.29. The lowest BCUT2D eigenvalue weighted by molar-refractivity contribution is -0.00000565. The quantitative estimate of drug-likeness (QED) is 0.343. The van der Waals surface area contributed by atoms with Crippen LogP contribution in [0.1, 0.15) is 77.6 Å². The van der Waals surface area contributed by atoms with E-state index in [1.807, 2.05) is 0 Å². The van der Waals surface area contributed by atoms with Gasteiger partial charge in [-0.3, -0.25) is 4.48 Å². The molecule has 0 bridgehead atoms. The first kappa shape index (κ1) is 24.0. The van der Waals surface area contributed by atoms with Gasteiger partial charge in [-0.25, -0.2) is 0 Å². The van der Waals surface area contributed by atoms with E-state index in [0.717, 1.165) is 4.48 Å². The predicted molar refractivity (Wildman–Crippen MR) is 119 cm³/mol. The van der Waals surface area contributed by atoms with Crippen molar-refractivity contribution in [2.24, 2.45) is 0 Å². The summed E-state index contributed by atoms with van der Waals surface area (Å²) in [5.41, 5.74) is 1.45. The number of nitrogens with zero attached hydrogens (tertiary/aromatic N) is 1. The molecule has 0 heterocycles. The molecule has 0 aliphatic carbocycles. The standard InChI is InChI=1S/C25H40N.ClH/c1-4-5-6-7-8-9-10-11-12-13-16-22-26(2,3)25-21-17-19-23-18-14-15-20-24(23)25;/h14-15,17-21H,4-13,16,22H2,1-3H3;1H/q+1;/p-1. The number of hydrogen-bond acceptors (Lipinski definition) is 0. The summed E-state index contributed by atoms with van der Waals surface area (Å²) in [6.07, 6.45) is 15.5. The van der Waals surface area contributed by atoms with Crippen LogP contribution in [0, 0.1) is 0 Å². The van der Waals surface area contributed by atoms with Gasteiger partial charge in [-0.2, -0.15) is 0 Å². The number of halogens is 1. The van der Waals surface area contributed by atoms with E-state index in [2.05, 4.69) is 63.5 Å². The van der Waals surface area contributed by atoms with E-state index in [0.29, 0.717) is 0 Å². The average molecular weight is 390 g/mol. The van der Waals surface area contributed by atoms with Gasteiger partial charge in [0.1, 0.15) is 5.69 Å². The highest BCUT2D eigenvalue weighted by Gasteiger charge is 2.20. The number of benzene rings is 2. The van der Waals surface area contributed by atoms with Gasteiger partial charge in [0.2, 0.25) is 0 Å². The van der Waals surface area contributed by atoms with Crippen LogP contribution < -0.4 is 16.9 Å². The number of rotatable bonds is 13. The second-order valence-electron chi connectivity index (χ2n) is 8.44. The van der Waals surface area contributed by atoms with E-state index < -0.39 is 0 Å². The van der Waals surface area contributed by atoms with E-state index in [1.165, 1.54) is 93.6 Å². The second-order valence-corrected chi connectivity index (χ2v) is 8.44. The molecule has 0 amide bonds. The Bertz CT molecular complexity index is 630. The molecule has 2 heteroatoms. The van der Waals surface area contributed by atoms with Gasteiger partial charge in [0, 0.05) is 5.39 Å². The fourth-order valence-electron chi connectivity index (χ4n) is 4.03. The maximum Gasteiger partial charge on any atom is 0.140 e. The second kappa shape index (κ2) is 13.2. The van der Waals surface area contributed by atoms with Crippen molar-refractivity contribution in [2.75, 3.05) is 20.6 Å². The lowest BCUT2D eigenvalue weighted by Crippen LogP contribution is -3.00. The van der Waals surface area contributed by atoms with Gasteiger partial charge < -0.3 is 12.4 Å². The fourth-order valence-corrected chi connectivity index (χ4v) is 4.03. The average Bonchev–Trinajstić information content (AvgIpc) is 2.65. The third-order valence-corrected chi connectivity index (χ3v) is 5.74. The van der Waals surface area contributed by atoms with Crippen LogP contribution in [-0.4, -0.2) is 20.6 Å². The van der Waals surface area contributed by atoms with Gasteiger partial charge in [0.25, 0.3) is 0 Å². The first-order chi connectivity index (χ1) is 12.6. The Balaban J connectivity index is 0.00000364. The molecule has 0 saturated heterocycles. The lowest BCUT2D eigenvalue weighted by atomic mass is 10.0. The van der Waals surface area contributed by atoms with Gasteiger partial charge in [0.05, 0.1) is 20.6 Å². The maximum absolute atomic E-state index is 2.36. The number of fused-ring (bicyclic) bond motifs is 1. The third kappa shape index (κ3) is 8.23. The molecule has 2 aromatic rings. The van der Waals surface area contributed by atoms with Crippen LogP contribution >= 0.6 is 0 Å². The van der Waals surface area contributed by atoms with Gasteiger partial charge in [-0.15, -0.1) is 0 Å². The van der Waals surface area contributed by atoms with Gasteiger partial charge >= 0.3 is 0 Å². The molecule has 0 aliphatic rings. The van der Waals surface area contributed by atoms with Crippen LogP contribution in [-0.2, 0) is 0 Å². The topological polar surface area (TPSA) is 0 Å². The van der Waals surface area contributed by atoms with Crippen LogP contribution in [0.2, 0.25) is 0 Å². The molecule has 0 fully saturated rings. The van der Waals surface area contributed by atoms with E-state index >= 15 is 0 Å². The molecule has 2 aromatic carbocycles. The zero-order valence-electron chi connectivity index (χ0n) is 17.9. The normalized spacial score (nSPS) is 11.5. The zero-order chi connectivity index (χ0) is 18.7. The van der Waals surface area contributed by atoms with Crippen molar-refractivity contribution >= 4 is 16.5 Å². The molecule has 152 valence electrons. The Labute approximate surface area is 174 Å². The van der Waals surface area contributed by atoms with E-state index in [4.69, 9.17) is 0 Å². The Morgan fingerprint density at radius 1 is 0.630 bits per heavy atom. The molecule has 2 rings (SSSR count). The molecule has 0 radical (unpaired) electrons. The summed E-state index contributed by atoms with van der Waals surface area (Å²) in [5.74, 6) is 0. The molecule has 0 spiro atoms. The first-order valence-electron chi connectivity index (χ1n) is 11.0. The molecule has 0 atom stereocenters. The van der Waals surface area contributed by atoms with Crippen molar-refractivity contribution in [1.29, 1.82) is 0 Å². The highest BCUT2D eigenvalue weighted by atomic mass is 35.5. The molecular formula is C25H40ClN. The van der Waals surface area contributed by atoms with Crippen LogP contribution in [0.25, 0.3) is 10.8 Å². The Morgan fingerprint density at radius 2 is 1.15 bits per heavy atom. The first-order valence-corrected chi connectivity index (χ1v) is 11.0. The molecule has 0 unspecified atom stereocenters. The zero-order valence-corrected chi connectivity index (χ0v) is 18.6. The molecule has 1 nitrogen and oxygen atoms in total. The maximum atomic E-state index is 2.36. The van der Waals surface area contributed by atoms with E-state index in [9.17, 15) is 0 Å². The highest BCUT2D eigenvalue weighted by molar-refractivity contribution is 5.93. The SMILES string of the molecule is CCCCCCCCCCCCC[N+](C)(C)c1cccc2ccccc12.[Cl-]. The van der Waals surface area contributed by atoms with Gasteiger partial charge in [0.15, 0.2) is 0 Å². The minimum Gasteiger partial charge on any atom is -1.00 e.